The molecule has 0 saturated heterocycles. The molecule has 130 valence electrons. The number of hydrogen-bond donors (Lipinski definition) is 2. The van der Waals surface area contributed by atoms with Crippen LogP contribution in [-0.2, 0) is 7.05 Å². The van der Waals surface area contributed by atoms with E-state index in [2.05, 4.69) is 30.6 Å². The van der Waals surface area contributed by atoms with Crippen molar-refractivity contribution in [3.63, 3.8) is 0 Å². The predicted octanol–water partition coefficient (Wildman–Crippen LogP) is 0.893. The molecule has 11 heteroatoms. The minimum absolute atomic E-state index is 0.0396. The average Bonchev–Trinajstić information content (AvgIpc) is 3.17. The highest BCUT2D eigenvalue weighted by Crippen LogP contribution is 2.27. The summed E-state index contributed by atoms with van der Waals surface area (Å²) in [5.74, 6) is -1.21. The minimum atomic E-state index is -0.594. The number of carbonyl (C=O) groups excluding carboxylic acids is 1. The monoisotopic (exact) mass is 353 g/mol. The number of halogens is 1. The maximum Gasteiger partial charge on any atom is 0.263 e. The topological polar surface area (TPSA) is 129 Å². The molecule has 3 N–H and O–H groups in total. The molecule has 4 heterocycles. The van der Waals surface area contributed by atoms with Crippen molar-refractivity contribution in [1.82, 2.24) is 34.3 Å². The molecule has 4 aromatic heterocycles. The van der Waals surface area contributed by atoms with Gasteiger partial charge in [-0.25, -0.2) is 18.9 Å². The van der Waals surface area contributed by atoms with E-state index in [4.69, 9.17) is 5.73 Å². The Morgan fingerprint density at radius 1 is 1.23 bits per heavy atom. The summed E-state index contributed by atoms with van der Waals surface area (Å²) in [5, 5.41) is 14.3. The fourth-order valence-electron chi connectivity index (χ4n) is 2.57. The molecule has 0 saturated carbocycles. The van der Waals surface area contributed by atoms with Crippen molar-refractivity contribution in [3.05, 3.63) is 48.7 Å². The van der Waals surface area contributed by atoms with Crippen LogP contribution in [0.15, 0.2) is 37.3 Å². The fourth-order valence-corrected chi connectivity index (χ4v) is 2.57. The number of nitrogen functional groups attached to an aromatic ring is 1. The van der Waals surface area contributed by atoms with Crippen LogP contribution in [0.1, 0.15) is 10.4 Å². The van der Waals surface area contributed by atoms with Gasteiger partial charge in [-0.2, -0.15) is 10.2 Å². The zero-order chi connectivity index (χ0) is 18.3. The highest BCUT2D eigenvalue weighted by Gasteiger charge is 2.21. The van der Waals surface area contributed by atoms with E-state index in [-0.39, 0.29) is 17.0 Å². The van der Waals surface area contributed by atoms with Crippen molar-refractivity contribution in [1.29, 1.82) is 0 Å². The van der Waals surface area contributed by atoms with Gasteiger partial charge in [-0.05, 0) is 0 Å². The summed E-state index contributed by atoms with van der Waals surface area (Å²) in [6.45, 7) is 0. The minimum Gasteiger partial charge on any atom is -0.381 e. The van der Waals surface area contributed by atoms with Gasteiger partial charge in [-0.3, -0.25) is 4.79 Å². The molecular formula is C15H12FN9O. The summed E-state index contributed by atoms with van der Waals surface area (Å²) >= 11 is 0. The van der Waals surface area contributed by atoms with Gasteiger partial charge in [0, 0.05) is 12.6 Å². The third-order valence-corrected chi connectivity index (χ3v) is 3.77. The maximum atomic E-state index is 13.3. The van der Waals surface area contributed by atoms with Crippen molar-refractivity contribution in [2.75, 3.05) is 11.1 Å². The number of fused-ring (bicyclic) bond motifs is 1. The molecule has 0 aromatic carbocycles. The molecule has 0 bridgehead atoms. The number of nitrogens with two attached hydrogens (primary N) is 1. The molecule has 4 aromatic rings. The number of aromatic nitrogens is 7. The van der Waals surface area contributed by atoms with Crippen LogP contribution in [0.3, 0.4) is 0 Å². The first-order valence-electron chi connectivity index (χ1n) is 7.42. The molecule has 0 aliphatic rings. The van der Waals surface area contributed by atoms with E-state index in [1.54, 1.807) is 17.1 Å². The second kappa shape index (κ2) is 5.88. The van der Waals surface area contributed by atoms with Crippen molar-refractivity contribution in [2.24, 2.45) is 7.05 Å². The van der Waals surface area contributed by atoms with E-state index in [9.17, 15) is 9.18 Å². The van der Waals surface area contributed by atoms with E-state index in [1.807, 2.05) is 7.05 Å². The standard InChI is InChI=1S/C15H12FN9O/c1-24-7-18-5-11(24)9-3-20-21-4-10(9)22-15(26)12-13(17)23-25-6-8(16)2-19-14(12)25/h2-7H,1H3,(H2,17,23)(H,20,22,26). The lowest BCUT2D eigenvalue weighted by molar-refractivity contribution is 0.102. The predicted molar refractivity (Wildman–Crippen MR) is 89.5 cm³/mol. The summed E-state index contributed by atoms with van der Waals surface area (Å²) < 4.78 is 16.2. The summed E-state index contributed by atoms with van der Waals surface area (Å²) in [4.78, 5) is 20.7. The number of rotatable bonds is 3. The second-order valence-corrected chi connectivity index (χ2v) is 5.46. The zero-order valence-electron chi connectivity index (χ0n) is 13.5. The van der Waals surface area contributed by atoms with E-state index in [0.717, 1.165) is 22.6 Å². The van der Waals surface area contributed by atoms with E-state index >= 15 is 0 Å². The molecule has 1 amide bonds. The summed E-state index contributed by atoms with van der Waals surface area (Å²) in [5.41, 5.74) is 7.78. The van der Waals surface area contributed by atoms with Crippen LogP contribution in [0, 0.1) is 5.82 Å². The van der Waals surface area contributed by atoms with Crippen LogP contribution in [0.2, 0.25) is 0 Å². The quantitative estimate of drug-likeness (QED) is 0.559. The van der Waals surface area contributed by atoms with Crippen LogP contribution in [0.5, 0.6) is 0 Å². The number of hydrogen-bond acceptors (Lipinski definition) is 7. The lowest BCUT2D eigenvalue weighted by Crippen LogP contribution is -2.15. The maximum absolute atomic E-state index is 13.3. The highest BCUT2D eigenvalue weighted by atomic mass is 19.1. The fraction of sp³-hybridized carbons (Fsp3) is 0.0667. The van der Waals surface area contributed by atoms with Gasteiger partial charge in [-0.15, -0.1) is 5.10 Å². The number of nitrogens with zero attached hydrogens (tertiary/aromatic N) is 7. The Bertz CT molecular complexity index is 1130. The first-order valence-corrected chi connectivity index (χ1v) is 7.42. The van der Waals surface area contributed by atoms with Crippen LogP contribution in [-0.4, -0.2) is 40.3 Å². The van der Waals surface area contributed by atoms with Crippen molar-refractivity contribution < 1.29 is 9.18 Å². The number of carbonyl (C=O) groups is 1. The normalized spacial score (nSPS) is 11.0. The van der Waals surface area contributed by atoms with Crippen LogP contribution in [0.25, 0.3) is 16.9 Å². The first kappa shape index (κ1) is 15.6. The van der Waals surface area contributed by atoms with Gasteiger partial charge in [0.15, 0.2) is 17.3 Å². The van der Waals surface area contributed by atoms with Gasteiger partial charge < -0.3 is 15.6 Å². The Balaban J connectivity index is 1.75. The average molecular weight is 353 g/mol. The molecule has 0 aliphatic carbocycles. The van der Waals surface area contributed by atoms with E-state index in [1.165, 1.54) is 12.4 Å². The smallest absolute Gasteiger partial charge is 0.263 e. The molecule has 4 rings (SSSR count). The lowest BCUT2D eigenvalue weighted by Gasteiger charge is -2.10. The van der Waals surface area contributed by atoms with Crippen LogP contribution >= 0.6 is 0 Å². The SMILES string of the molecule is Cn1cncc1-c1cnncc1NC(=O)c1c(N)nn2cc(F)cnc12. The van der Waals surface area contributed by atoms with Crippen molar-refractivity contribution in [3.8, 4) is 11.3 Å². The summed E-state index contributed by atoms with van der Waals surface area (Å²) in [6, 6.07) is 0. The van der Waals surface area contributed by atoms with Gasteiger partial charge >= 0.3 is 0 Å². The summed E-state index contributed by atoms with van der Waals surface area (Å²) in [6.07, 6.45) is 8.27. The van der Waals surface area contributed by atoms with Gasteiger partial charge in [0.05, 0.1) is 48.7 Å². The lowest BCUT2D eigenvalue weighted by atomic mass is 10.2. The molecule has 26 heavy (non-hydrogen) atoms. The van der Waals surface area contributed by atoms with Crippen LogP contribution in [0.4, 0.5) is 15.9 Å². The Morgan fingerprint density at radius 2 is 2.04 bits per heavy atom. The van der Waals surface area contributed by atoms with Gasteiger partial charge in [0.25, 0.3) is 5.91 Å². The van der Waals surface area contributed by atoms with Crippen molar-refractivity contribution in [2.45, 2.75) is 0 Å². The van der Waals surface area contributed by atoms with Crippen LogP contribution < -0.4 is 11.1 Å². The Morgan fingerprint density at radius 3 is 2.81 bits per heavy atom. The molecule has 0 unspecified atom stereocenters. The molecule has 0 atom stereocenters. The van der Waals surface area contributed by atoms with Gasteiger partial charge in [0.1, 0.15) is 5.56 Å². The van der Waals surface area contributed by atoms with Gasteiger partial charge in [0.2, 0.25) is 0 Å². The Kier molecular flexibility index (Phi) is 3.53. The Hall–Kier alpha value is -3.89. The Labute approximate surface area is 145 Å². The summed E-state index contributed by atoms with van der Waals surface area (Å²) in [7, 11) is 1.82. The molecule has 0 fully saturated rings. The number of amides is 1. The van der Waals surface area contributed by atoms with Gasteiger partial charge in [-0.1, -0.05) is 0 Å². The zero-order valence-corrected chi connectivity index (χ0v) is 13.5. The molecule has 0 spiro atoms. The second-order valence-electron chi connectivity index (χ2n) is 5.46. The molecule has 0 aliphatic heterocycles. The molecule has 0 radical (unpaired) electrons. The number of aryl methyl sites for hydroxylation is 1. The third-order valence-electron chi connectivity index (χ3n) is 3.77. The van der Waals surface area contributed by atoms with Crippen molar-refractivity contribution >= 4 is 23.1 Å². The van der Waals surface area contributed by atoms with E-state index < -0.39 is 11.7 Å². The number of nitrogens with one attached hydrogen (secondary N) is 1. The third kappa shape index (κ3) is 2.51. The molecule has 10 nitrogen and oxygen atoms in total. The largest absolute Gasteiger partial charge is 0.381 e. The highest BCUT2D eigenvalue weighted by molar-refractivity contribution is 6.12. The molecular weight excluding hydrogens is 341 g/mol. The first-order chi connectivity index (χ1) is 12.5. The number of imidazole rings is 1. The van der Waals surface area contributed by atoms with E-state index in [0.29, 0.717) is 11.3 Å². The number of anilines is 2.